The number of hydrogen-bond donors (Lipinski definition) is 2. The lowest BCUT2D eigenvalue weighted by atomic mass is 10.1. The third-order valence-electron chi connectivity index (χ3n) is 4.02. The molecule has 9 nitrogen and oxygen atoms in total. The number of anilines is 1. The average Bonchev–Trinajstić information content (AvgIpc) is 3.16. The van der Waals surface area contributed by atoms with Gasteiger partial charge in [-0.25, -0.2) is 0 Å². The molecule has 9 heteroatoms. The molecule has 0 aliphatic rings. The van der Waals surface area contributed by atoms with Gasteiger partial charge >= 0.3 is 0 Å². The Hall–Kier alpha value is -3.75. The van der Waals surface area contributed by atoms with Crippen molar-refractivity contribution in [3.63, 3.8) is 0 Å². The summed E-state index contributed by atoms with van der Waals surface area (Å²) in [5.74, 6) is 0.425. The SMILES string of the molecule is CNC(=O)c1cccc(NCc2nc(-c3cccc([N+](=O)[O-])c3)no2)c1C. The van der Waals surface area contributed by atoms with Gasteiger partial charge in [-0.1, -0.05) is 23.4 Å². The molecule has 1 heterocycles. The van der Waals surface area contributed by atoms with Crippen LogP contribution in [-0.4, -0.2) is 28.0 Å². The van der Waals surface area contributed by atoms with Gasteiger partial charge in [0.2, 0.25) is 11.7 Å². The smallest absolute Gasteiger partial charge is 0.270 e. The number of carbonyl (C=O) groups is 1. The van der Waals surface area contributed by atoms with E-state index in [1.54, 1.807) is 31.3 Å². The first-order valence-electron chi connectivity index (χ1n) is 8.12. The molecule has 0 unspecified atom stereocenters. The number of rotatable bonds is 6. The number of nitro groups is 1. The second-order valence-electron chi connectivity index (χ2n) is 5.73. The maximum Gasteiger partial charge on any atom is 0.270 e. The van der Waals surface area contributed by atoms with Crippen molar-refractivity contribution in [2.24, 2.45) is 0 Å². The van der Waals surface area contributed by atoms with Gasteiger partial charge in [-0.2, -0.15) is 4.98 Å². The highest BCUT2D eigenvalue weighted by molar-refractivity contribution is 5.96. The summed E-state index contributed by atoms with van der Waals surface area (Å²) in [6, 6.07) is 11.4. The van der Waals surface area contributed by atoms with Gasteiger partial charge < -0.3 is 15.2 Å². The molecule has 2 aromatic carbocycles. The Morgan fingerprint density at radius 2 is 2.04 bits per heavy atom. The van der Waals surface area contributed by atoms with E-state index in [1.807, 2.05) is 13.0 Å². The summed E-state index contributed by atoms with van der Waals surface area (Å²) in [4.78, 5) is 26.5. The Bertz CT molecular complexity index is 999. The van der Waals surface area contributed by atoms with E-state index in [0.29, 0.717) is 17.0 Å². The lowest BCUT2D eigenvalue weighted by Gasteiger charge is -2.11. The summed E-state index contributed by atoms with van der Waals surface area (Å²) in [5.41, 5.74) is 2.60. The van der Waals surface area contributed by atoms with Crippen LogP contribution < -0.4 is 10.6 Å². The minimum absolute atomic E-state index is 0.0429. The first-order chi connectivity index (χ1) is 13.0. The summed E-state index contributed by atoms with van der Waals surface area (Å²) in [7, 11) is 1.58. The number of non-ortho nitro benzene ring substituents is 1. The van der Waals surface area contributed by atoms with Gasteiger partial charge in [0, 0.05) is 36.0 Å². The van der Waals surface area contributed by atoms with Gasteiger partial charge in [-0.05, 0) is 24.6 Å². The molecule has 0 saturated carbocycles. The van der Waals surface area contributed by atoms with Crippen molar-refractivity contribution in [3.05, 3.63) is 69.6 Å². The first kappa shape index (κ1) is 18.1. The third kappa shape index (κ3) is 3.92. The van der Waals surface area contributed by atoms with E-state index in [-0.39, 0.29) is 24.0 Å². The van der Waals surface area contributed by atoms with Crippen molar-refractivity contribution in [2.75, 3.05) is 12.4 Å². The Morgan fingerprint density at radius 3 is 2.78 bits per heavy atom. The van der Waals surface area contributed by atoms with Gasteiger partial charge in [0.05, 0.1) is 11.5 Å². The fraction of sp³-hybridized carbons (Fsp3) is 0.167. The normalized spacial score (nSPS) is 10.4. The number of nitro benzene ring substituents is 1. The van der Waals surface area contributed by atoms with Gasteiger partial charge in [-0.15, -0.1) is 0 Å². The molecule has 0 fully saturated rings. The lowest BCUT2D eigenvalue weighted by Crippen LogP contribution is -2.19. The van der Waals surface area contributed by atoms with Crippen molar-refractivity contribution in [2.45, 2.75) is 13.5 Å². The lowest BCUT2D eigenvalue weighted by molar-refractivity contribution is -0.384. The second-order valence-corrected chi connectivity index (χ2v) is 5.73. The molecule has 3 aromatic rings. The maximum absolute atomic E-state index is 11.9. The van der Waals surface area contributed by atoms with Crippen LogP contribution in [0.3, 0.4) is 0 Å². The number of nitrogens with zero attached hydrogens (tertiary/aromatic N) is 3. The molecule has 1 amide bonds. The molecule has 0 bridgehead atoms. The summed E-state index contributed by atoms with van der Waals surface area (Å²) in [6.07, 6.45) is 0. The van der Waals surface area contributed by atoms with Crippen LogP contribution in [-0.2, 0) is 6.54 Å². The van der Waals surface area contributed by atoms with E-state index in [0.717, 1.165) is 11.3 Å². The van der Waals surface area contributed by atoms with E-state index in [2.05, 4.69) is 20.8 Å². The van der Waals surface area contributed by atoms with Gasteiger partial charge in [0.15, 0.2) is 0 Å². The molecule has 1 aromatic heterocycles. The topological polar surface area (TPSA) is 123 Å². The summed E-state index contributed by atoms with van der Waals surface area (Å²) in [6.45, 7) is 2.09. The molecule has 0 aliphatic carbocycles. The van der Waals surface area contributed by atoms with E-state index >= 15 is 0 Å². The van der Waals surface area contributed by atoms with Gasteiger partial charge in [0.25, 0.3) is 11.6 Å². The van der Waals surface area contributed by atoms with Gasteiger partial charge in [0.1, 0.15) is 0 Å². The van der Waals surface area contributed by atoms with Crippen LogP contribution in [0.15, 0.2) is 47.0 Å². The third-order valence-corrected chi connectivity index (χ3v) is 4.02. The minimum atomic E-state index is -0.478. The van der Waals surface area contributed by atoms with Crippen LogP contribution in [0.25, 0.3) is 11.4 Å². The molecule has 0 aliphatic heterocycles. The largest absolute Gasteiger partial charge is 0.376 e. The van der Waals surface area contributed by atoms with Crippen LogP contribution >= 0.6 is 0 Å². The fourth-order valence-corrected chi connectivity index (χ4v) is 2.58. The van der Waals surface area contributed by atoms with Crippen LogP contribution in [0, 0.1) is 17.0 Å². The summed E-state index contributed by atoms with van der Waals surface area (Å²) in [5, 5.41) is 20.5. The molecule has 0 spiro atoms. The Morgan fingerprint density at radius 1 is 1.26 bits per heavy atom. The van der Waals surface area contributed by atoms with Gasteiger partial charge in [-0.3, -0.25) is 14.9 Å². The highest BCUT2D eigenvalue weighted by Crippen LogP contribution is 2.22. The fourth-order valence-electron chi connectivity index (χ4n) is 2.58. The highest BCUT2D eigenvalue weighted by Gasteiger charge is 2.14. The second kappa shape index (κ2) is 7.65. The van der Waals surface area contributed by atoms with Crippen molar-refractivity contribution >= 4 is 17.3 Å². The Balaban J connectivity index is 1.75. The van der Waals surface area contributed by atoms with Crippen molar-refractivity contribution in [1.82, 2.24) is 15.5 Å². The number of aromatic nitrogens is 2. The maximum atomic E-state index is 11.9. The molecule has 27 heavy (non-hydrogen) atoms. The predicted octanol–water partition coefficient (Wildman–Crippen LogP) is 2.92. The average molecular weight is 367 g/mol. The summed E-state index contributed by atoms with van der Waals surface area (Å²) >= 11 is 0. The Labute approximate surface area is 154 Å². The zero-order valence-electron chi connectivity index (χ0n) is 14.7. The molecule has 0 atom stereocenters. The van der Waals surface area contributed by atoms with Crippen molar-refractivity contribution in [1.29, 1.82) is 0 Å². The molecule has 138 valence electrons. The van der Waals surface area contributed by atoms with E-state index in [9.17, 15) is 14.9 Å². The van der Waals surface area contributed by atoms with Crippen molar-refractivity contribution in [3.8, 4) is 11.4 Å². The molecule has 2 N–H and O–H groups in total. The number of amides is 1. The van der Waals surface area contributed by atoms with E-state index in [1.165, 1.54) is 12.1 Å². The van der Waals surface area contributed by atoms with Crippen LogP contribution in [0.2, 0.25) is 0 Å². The predicted molar refractivity (Wildman–Crippen MR) is 98.3 cm³/mol. The zero-order valence-corrected chi connectivity index (χ0v) is 14.7. The number of hydrogen-bond acceptors (Lipinski definition) is 7. The number of nitrogens with one attached hydrogen (secondary N) is 2. The highest BCUT2D eigenvalue weighted by atomic mass is 16.6. The molecule has 0 saturated heterocycles. The monoisotopic (exact) mass is 367 g/mol. The quantitative estimate of drug-likeness (QED) is 0.507. The van der Waals surface area contributed by atoms with E-state index < -0.39 is 4.92 Å². The summed E-state index contributed by atoms with van der Waals surface area (Å²) < 4.78 is 5.21. The molecule has 0 radical (unpaired) electrons. The standard InChI is InChI=1S/C18H17N5O4/c1-11-14(18(24)19-2)7-4-8-15(11)20-10-16-21-17(22-27-16)12-5-3-6-13(9-12)23(25)26/h3-9,20H,10H2,1-2H3,(H,19,24). The Kier molecular flexibility index (Phi) is 5.11. The van der Waals surface area contributed by atoms with Crippen LogP contribution in [0.5, 0.6) is 0 Å². The van der Waals surface area contributed by atoms with Crippen LogP contribution in [0.4, 0.5) is 11.4 Å². The van der Waals surface area contributed by atoms with E-state index in [4.69, 9.17) is 4.52 Å². The first-order valence-corrected chi connectivity index (χ1v) is 8.12. The molecular formula is C18H17N5O4. The molecular weight excluding hydrogens is 350 g/mol. The molecule has 3 rings (SSSR count). The number of benzene rings is 2. The zero-order chi connectivity index (χ0) is 19.4. The van der Waals surface area contributed by atoms with Crippen LogP contribution in [0.1, 0.15) is 21.8 Å². The minimum Gasteiger partial charge on any atom is -0.376 e. The number of carbonyl (C=O) groups excluding carboxylic acids is 1. The van der Waals surface area contributed by atoms with Crippen molar-refractivity contribution < 1.29 is 14.2 Å².